The molecule has 2 heteroatoms. The molecule has 0 N–H and O–H groups in total. The fourth-order valence-electron chi connectivity index (χ4n) is 2.66. The summed E-state index contributed by atoms with van der Waals surface area (Å²) in [4.78, 5) is 0. The van der Waals surface area contributed by atoms with E-state index in [1.165, 1.54) is 42.4 Å². The van der Waals surface area contributed by atoms with Gasteiger partial charge >= 0.3 is 0 Å². The van der Waals surface area contributed by atoms with E-state index < -0.39 is 0 Å². The first-order chi connectivity index (χ1) is 8.81. The lowest BCUT2D eigenvalue weighted by Crippen LogP contribution is -2.34. The van der Waals surface area contributed by atoms with Gasteiger partial charge in [-0.15, -0.1) is 0 Å². The second-order valence-corrected chi connectivity index (χ2v) is 5.44. The molecule has 0 radical (unpaired) electrons. The van der Waals surface area contributed by atoms with Gasteiger partial charge in [0.05, 0.1) is 0 Å². The van der Waals surface area contributed by atoms with E-state index in [9.17, 15) is 0 Å². The highest BCUT2D eigenvalue weighted by molar-refractivity contribution is 6.30. The van der Waals surface area contributed by atoms with Crippen molar-refractivity contribution in [1.29, 1.82) is 0 Å². The molecule has 1 nitrogen and oxygen atoms in total. The molecule has 3 rings (SSSR count). The summed E-state index contributed by atoms with van der Waals surface area (Å²) in [6.45, 7) is 0.897. The van der Waals surface area contributed by atoms with Crippen molar-refractivity contribution in [1.82, 2.24) is 0 Å². The lowest BCUT2D eigenvalue weighted by molar-refractivity contribution is -0.688. The van der Waals surface area contributed by atoms with Crippen LogP contribution in [0.25, 0.3) is 0 Å². The van der Waals surface area contributed by atoms with Gasteiger partial charge in [0.1, 0.15) is 0 Å². The van der Waals surface area contributed by atoms with Gasteiger partial charge in [-0.2, -0.15) is 0 Å². The zero-order valence-electron chi connectivity index (χ0n) is 10.4. The molecule has 0 unspecified atom stereocenters. The van der Waals surface area contributed by atoms with Crippen LogP contribution in [0.2, 0.25) is 5.02 Å². The van der Waals surface area contributed by atoms with E-state index in [2.05, 4.69) is 29.1 Å². The van der Waals surface area contributed by atoms with Gasteiger partial charge in [0, 0.05) is 22.2 Å². The predicted molar refractivity (Wildman–Crippen MR) is 73.8 cm³/mol. The molecule has 1 aromatic carbocycles. The smallest absolute Gasteiger partial charge is 0.173 e. The Balaban J connectivity index is 1.85. The van der Waals surface area contributed by atoms with Crippen LogP contribution < -0.4 is 4.57 Å². The molecule has 1 aliphatic carbocycles. The Hall–Kier alpha value is -1.34. The number of fused-ring (bicyclic) bond motifs is 1. The van der Waals surface area contributed by atoms with Crippen LogP contribution >= 0.6 is 11.6 Å². The third-order valence-corrected chi connectivity index (χ3v) is 3.83. The SMILES string of the molecule is Clc1cccc(C[n+]2ccc3c(c2)CCCC3)c1. The molecule has 1 aliphatic rings. The summed E-state index contributed by atoms with van der Waals surface area (Å²) in [5.41, 5.74) is 4.30. The summed E-state index contributed by atoms with van der Waals surface area (Å²) in [5.74, 6) is 0. The first kappa shape index (κ1) is 11.7. The van der Waals surface area contributed by atoms with Gasteiger partial charge in [0.15, 0.2) is 18.9 Å². The van der Waals surface area contributed by atoms with Gasteiger partial charge in [-0.25, -0.2) is 4.57 Å². The van der Waals surface area contributed by atoms with E-state index in [0.29, 0.717) is 0 Å². The summed E-state index contributed by atoms with van der Waals surface area (Å²) in [6.07, 6.45) is 9.62. The topological polar surface area (TPSA) is 3.88 Å². The van der Waals surface area contributed by atoms with Crippen molar-refractivity contribution in [3.8, 4) is 0 Å². The number of hydrogen-bond donors (Lipinski definition) is 0. The lowest BCUT2D eigenvalue weighted by atomic mass is 9.93. The summed E-state index contributed by atoms with van der Waals surface area (Å²) < 4.78 is 2.26. The van der Waals surface area contributed by atoms with Crippen LogP contribution in [-0.4, -0.2) is 0 Å². The Morgan fingerprint density at radius 3 is 2.72 bits per heavy atom. The largest absolute Gasteiger partial charge is 0.200 e. The van der Waals surface area contributed by atoms with Gasteiger partial charge in [-0.05, 0) is 43.4 Å². The Labute approximate surface area is 113 Å². The van der Waals surface area contributed by atoms with Crippen molar-refractivity contribution in [3.05, 3.63) is 64.4 Å². The standard InChI is InChI=1S/C16H17ClN/c17-16-7-3-4-13(10-16)11-18-9-8-14-5-1-2-6-15(14)12-18/h3-4,7-10,12H,1-2,5-6,11H2/q+1. The molecule has 1 heterocycles. The summed E-state index contributed by atoms with van der Waals surface area (Å²) in [6, 6.07) is 10.4. The lowest BCUT2D eigenvalue weighted by Gasteiger charge is -2.13. The maximum atomic E-state index is 6.02. The average Bonchev–Trinajstić information content (AvgIpc) is 2.39. The normalized spacial score (nSPS) is 14.3. The fourth-order valence-corrected chi connectivity index (χ4v) is 2.88. The molecule has 0 aliphatic heterocycles. The summed E-state index contributed by atoms with van der Waals surface area (Å²) >= 11 is 6.02. The van der Waals surface area contributed by atoms with Crippen molar-refractivity contribution in [2.24, 2.45) is 0 Å². The number of pyridine rings is 1. The van der Waals surface area contributed by atoms with Gasteiger partial charge in [0.2, 0.25) is 0 Å². The van der Waals surface area contributed by atoms with Crippen molar-refractivity contribution >= 4 is 11.6 Å². The highest BCUT2D eigenvalue weighted by Crippen LogP contribution is 2.19. The summed E-state index contributed by atoms with van der Waals surface area (Å²) in [7, 11) is 0. The molecule has 0 atom stereocenters. The number of nitrogens with zero attached hydrogens (tertiary/aromatic N) is 1. The van der Waals surface area contributed by atoms with E-state index in [4.69, 9.17) is 11.6 Å². The number of rotatable bonds is 2. The van der Waals surface area contributed by atoms with Crippen molar-refractivity contribution < 1.29 is 4.57 Å². The van der Waals surface area contributed by atoms with E-state index in [-0.39, 0.29) is 0 Å². The molecule has 0 spiro atoms. The van der Waals surface area contributed by atoms with Crippen LogP contribution in [0.4, 0.5) is 0 Å². The van der Waals surface area contributed by atoms with Crippen LogP contribution in [-0.2, 0) is 19.4 Å². The van der Waals surface area contributed by atoms with Crippen molar-refractivity contribution in [3.63, 3.8) is 0 Å². The third kappa shape index (κ3) is 2.56. The number of aromatic nitrogens is 1. The minimum Gasteiger partial charge on any atom is -0.200 e. The molecule has 0 saturated heterocycles. The maximum absolute atomic E-state index is 6.02. The first-order valence-corrected chi connectivity index (χ1v) is 6.94. The zero-order valence-corrected chi connectivity index (χ0v) is 11.2. The van der Waals surface area contributed by atoms with Crippen molar-refractivity contribution in [2.75, 3.05) is 0 Å². The molecular formula is C16H17ClN+. The van der Waals surface area contributed by atoms with Crippen LogP contribution in [0, 0.1) is 0 Å². The average molecular weight is 259 g/mol. The van der Waals surface area contributed by atoms with Gasteiger partial charge in [0.25, 0.3) is 0 Å². The Kier molecular flexibility index (Phi) is 3.33. The number of benzene rings is 1. The summed E-state index contributed by atoms with van der Waals surface area (Å²) in [5, 5.41) is 0.811. The Morgan fingerprint density at radius 2 is 1.89 bits per heavy atom. The van der Waals surface area contributed by atoms with Gasteiger partial charge in [-0.3, -0.25) is 0 Å². The Morgan fingerprint density at radius 1 is 1.06 bits per heavy atom. The first-order valence-electron chi connectivity index (χ1n) is 6.56. The monoisotopic (exact) mass is 258 g/mol. The fraction of sp³-hybridized carbons (Fsp3) is 0.312. The molecule has 0 bridgehead atoms. The van der Waals surface area contributed by atoms with Crippen molar-refractivity contribution in [2.45, 2.75) is 32.2 Å². The molecule has 92 valence electrons. The molecule has 2 aromatic rings. The van der Waals surface area contributed by atoms with E-state index in [1.54, 1.807) is 0 Å². The van der Waals surface area contributed by atoms with E-state index in [1.807, 2.05) is 18.2 Å². The highest BCUT2D eigenvalue weighted by Gasteiger charge is 2.13. The van der Waals surface area contributed by atoms with Crippen LogP contribution in [0.15, 0.2) is 42.7 Å². The number of hydrogen-bond acceptors (Lipinski definition) is 0. The van der Waals surface area contributed by atoms with Crippen LogP contribution in [0.5, 0.6) is 0 Å². The van der Waals surface area contributed by atoms with Gasteiger partial charge < -0.3 is 0 Å². The number of aryl methyl sites for hydroxylation is 2. The third-order valence-electron chi connectivity index (χ3n) is 3.60. The molecular weight excluding hydrogens is 242 g/mol. The zero-order chi connectivity index (χ0) is 12.4. The molecule has 0 fully saturated rings. The second kappa shape index (κ2) is 5.11. The highest BCUT2D eigenvalue weighted by atomic mass is 35.5. The predicted octanol–water partition coefficient (Wildman–Crippen LogP) is 3.55. The molecule has 18 heavy (non-hydrogen) atoms. The van der Waals surface area contributed by atoms with Gasteiger partial charge in [-0.1, -0.05) is 23.7 Å². The molecule has 0 saturated carbocycles. The second-order valence-electron chi connectivity index (χ2n) is 5.00. The van der Waals surface area contributed by atoms with Crippen LogP contribution in [0.1, 0.15) is 29.5 Å². The van der Waals surface area contributed by atoms with E-state index in [0.717, 1.165) is 11.6 Å². The Bertz CT molecular complexity index is 563. The molecule has 1 aromatic heterocycles. The van der Waals surface area contributed by atoms with Crippen LogP contribution in [0.3, 0.4) is 0 Å². The number of halogens is 1. The minimum atomic E-state index is 0.811. The maximum Gasteiger partial charge on any atom is 0.173 e. The minimum absolute atomic E-state index is 0.811. The van der Waals surface area contributed by atoms with E-state index >= 15 is 0 Å². The quantitative estimate of drug-likeness (QED) is 0.726. The molecule has 0 amide bonds.